The highest BCUT2D eigenvalue weighted by Crippen LogP contribution is 2.17. The zero-order valence-corrected chi connectivity index (χ0v) is 9.76. The molecule has 0 saturated heterocycles. The Morgan fingerprint density at radius 2 is 1.94 bits per heavy atom. The van der Waals surface area contributed by atoms with E-state index < -0.39 is 0 Å². The zero-order chi connectivity index (χ0) is 12.1. The van der Waals surface area contributed by atoms with E-state index in [4.69, 9.17) is 0 Å². The van der Waals surface area contributed by atoms with Gasteiger partial charge < -0.3 is 0 Å². The molecule has 0 aliphatic rings. The summed E-state index contributed by atoms with van der Waals surface area (Å²) in [5.41, 5.74) is 3.52. The Hall–Kier alpha value is -2.03. The fourth-order valence-electron chi connectivity index (χ4n) is 1.73. The predicted octanol–water partition coefficient (Wildman–Crippen LogP) is 2.91. The van der Waals surface area contributed by atoms with E-state index in [2.05, 4.69) is 29.0 Å². The Labute approximate surface area is 101 Å². The van der Waals surface area contributed by atoms with Crippen molar-refractivity contribution in [1.29, 1.82) is 0 Å². The first-order valence-corrected chi connectivity index (χ1v) is 5.70. The average molecular weight is 226 g/mol. The highest BCUT2D eigenvalue weighted by Gasteiger charge is 2.01. The number of nitrogens with zero attached hydrogens (tertiary/aromatic N) is 2. The summed E-state index contributed by atoms with van der Waals surface area (Å²) in [6, 6.07) is 9.95. The molecule has 1 heterocycles. The van der Waals surface area contributed by atoms with Crippen LogP contribution in [0.3, 0.4) is 0 Å². The second-order valence-electron chi connectivity index (χ2n) is 3.89. The van der Waals surface area contributed by atoms with E-state index in [-0.39, 0.29) is 0 Å². The average Bonchev–Trinajstić information content (AvgIpc) is 2.40. The van der Waals surface area contributed by atoms with Crippen molar-refractivity contribution >= 4 is 6.29 Å². The molecule has 0 radical (unpaired) electrons. The van der Waals surface area contributed by atoms with Crippen molar-refractivity contribution in [3.8, 4) is 11.3 Å². The monoisotopic (exact) mass is 226 g/mol. The highest BCUT2D eigenvalue weighted by molar-refractivity contribution is 5.74. The Balaban J connectivity index is 2.29. The van der Waals surface area contributed by atoms with Gasteiger partial charge in [-0.1, -0.05) is 37.6 Å². The number of aryl methyl sites for hydroxylation is 1. The van der Waals surface area contributed by atoms with Gasteiger partial charge in [0.05, 0.1) is 5.69 Å². The number of aldehydes is 1. The van der Waals surface area contributed by atoms with Crippen molar-refractivity contribution in [2.75, 3.05) is 0 Å². The molecule has 0 aliphatic carbocycles. The molecule has 0 fully saturated rings. The van der Waals surface area contributed by atoms with Crippen LogP contribution in [0.1, 0.15) is 29.4 Å². The summed E-state index contributed by atoms with van der Waals surface area (Å²) < 4.78 is 0. The third-order valence-corrected chi connectivity index (χ3v) is 2.60. The van der Waals surface area contributed by atoms with Crippen LogP contribution in [0.2, 0.25) is 0 Å². The molecular formula is C14H14N2O. The first kappa shape index (κ1) is 11.5. The van der Waals surface area contributed by atoms with Gasteiger partial charge in [-0.05, 0) is 18.1 Å². The van der Waals surface area contributed by atoms with Gasteiger partial charge in [0, 0.05) is 5.56 Å². The molecule has 86 valence electrons. The summed E-state index contributed by atoms with van der Waals surface area (Å²) in [4.78, 5) is 18.7. The summed E-state index contributed by atoms with van der Waals surface area (Å²) in [5.74, 6) is 0. The maximum absolute atomic E-state index is 10.6. The first-order chi connectivity index (χ1) is 8.33. The number of aromatic nitrogens is 2. The molecule has 0 saturated carbocycles. The number of rotatable bonds is 4. The highest BCUT2D eigenvalue weighted by atomic mass is 16.1. The van der Waals surface area contributed by atoms with Crippen molar-refractivity contribution in [2.45, 2.75) is 19.8 Å². The summed E-state index contributed by atoms with van der Waals surface area (Å²) >= 11 is 0. The van der Waals surface area contributed by atoms with Gasteiger partial charge in [0.15, 0.2) is 6.29 Å². The summed E-state index contributed by atoms with van der Waals surface area (Å²) in [5, 5.41) is 0. The predicted molar refractivity (Wildman–Crippen MR) is 66.9 cm³/mol. The van der Waals surface area contributed by atoms with Crippen LogP contribution in [-0.4, -0.2) is 16.3 Å². The van der Waals surface area contributed by atoms with E-state index in [1.807, 2.05) is 12.1 Å². The molecule has 0 aliphatic heterocycles. The van der Waals surface area contributed by atoms with Crippen molar-refractivity contribution in [3.63, 3.8) is 0 Å². The molecule has 0 unspecified atom stereocenters. The van der Waals surface area contributed by atoms with Crippen molar-refractivity contribution in [3.05, 3.63) is 47.9 Å². The van der Waals surface area contributed by atoms with E-state index in [0.29, 0.717) is 5.69 Å². The number of hydrogen-bond donors (Lipinski definition) is 0. The molecule has 3 nitrogen and oxygen atoms in total. The van der Waals surface area contributed by atoms with Gasteiger partial charge in [-0.3, -0.25) is 4.79 Å². The van der Waals surface area contributed by atoms with E-state index in [9.17, 15) is 4.79 Å². The minimum atomic E-state index is 0.410. The molecule has 0 amide bonds. The summed E-state index contributed by atoms with van der Waals surface area (Å²) in [7, 11) is 0. The standard InChI is InChI=1S/C14H14N2O/c1-2-3-11-4-6-12(7-5-11)14-8-13(9-17)15-10-16-14/h4-10H,2-3H2,1H3. The Kier molecular flexibility index (Phi) is 3.60. The van der Waals surface area contributed by atoms with Crippen molar-refractivity contribution in [1.82, 2.24) is 9.97 Å². The minimum Gasteiger partial charge on any atom is -0.296 e. The second kappa shape index (κ2) is 5.34. The molecule has 0 N–H and O–H groups in total. The van der Waals surface area contributed by atoms with Gasteiger partial charge in [0.1, 0.15) is 12.0 Å². The summed E-state index contributed by atoms with van der Waals surface area (Å²) in [6.07, 6.45) is 4.38. The van der Waals surface area contributed by atoms with E-state index >= 15 is 0 Å². The number of carbonyl (C=O) groups is 1. The van der Waals surface area contributed by atoms with Gasteiger partial charge >= 0.3 is 0 Å². The largest absolute Gasteiger partial charge is 0.296 e. The third kappa shape index (κ3) is 2.75. The molecule has 3 heteroatoms. The lowest BCUT2D eigenvalue weighted by atomic mass is 10.1. The molecule has 1 aromatic carbocycles. The van der Waals surface area contributed by atoms with Gasteiger partial charge in [0.2, 0.25) is 0 Å². The SMILES string of the molecule is CCCc1ccc(-c2cc(C=O)ncn2)cc1. The maximum Gasteiger partial charge on any atom is 0.168 e. The molecular weight excluding hydrogens is 212 g/mol. The van der Waals surface area contributed by atoms with E-state index in [0.717, 1.165) is 30.4 Å². The van der Waals surface area contributed by atoms with Gasteiger partial charge in [-0.2, -0.15) is 0 Å². The topological polar surface area (TPSA) is 42.9 Å². The second-order valence-corrected chi connectivity index (χ2v) is 3.89. The van der Waals surface area contributed by atoms with Gasteiger partial charge in [-0.25, -0.2) is 9.97 Å². The number of hydrogen-bond acceptors (Lipinski definition) is 3. The Morgan fingerprint density at radius 1 is 1.18 bits per heavy atom. The van der Waals surface area contributed by atoms with Crippen molar-refractivity contribution < 1.29 is 4.79 Å². The quantitative estimate of drug-likeness (QED) is 0.753. The third-order valence-electron chi connectivity index (χ3n) is 2.60. The molecule has 2 rings (SSSR count). The van der Waals surface area contributed by atoms with Gasteiger partial charge in [0.25, 0.3) is 0 Å². The molecule has 0 atom stereocenters. The molecule has 2 aromatic rings. The zero-order valence-electron chi connectivity index (χ0n) is 9.76. The van der Waals surface area contributed by atoms with Crippen LogP contribution in [0.25, 0.3) is 11.3 Å². The Morgan fingerprint density at radius 3 is 2.59 bits per heavy atom. The number of benzene rings is 1. The molecule has 0 spiro atoms. The van der Waals surface area contributed by atoms with Crippen LogP contribution in [0.5, 0.6) is 0 Å². The van der Waals surface area contributed by atoms with Crippen LogP contribution < -0.4 is 0 Å². The number of carbonyl (C=O) groups excluding carboxylic acids is 1. The molecule has 1 aromatic heterocycles. The van der Waals surface area contributed by atoms with Crippen molar-refractivity contribution in [2.24, 2.45) is 0 Å². The maximum atomic E-state index is 10.6. The first-order valence-electron chi connectivity index (χ1n) is 5.70. The molecule has 0 bridgehead atoms. The van der Waals surface area contributed by atoms with Crippen LogP contribution in [0.4, 0.5) is 0 Å². The normalized spacial score (nSPS) is 10.2. The lowest BCUT2D eigenvalue weighted by molar-refractivity contribution is 0.111. The van der Waals surface area contributed by atoms with E-state index in [1.165, 1.54) is 11.9 Å². The van der Waals surface area contributed by atoms with Gasteiger partial charge in [-0.15, -0.1) is 0 Å². The van der Waals surface area contributed by atoms with E-state index in [1.54, 1.807) is 6.07 Å². The van der Waals surface area contributed by atoms with Crippen LogP contribution in [0, 0.1) is 0 Å². The fourth-order valence-corrected chi connectivity index (χ4v) is 1.73. The summed E-state index contributed by atoms with van der Waals surface area (Å²) in [6.45, 7) is 2.16. The van der Waals surface area contributed by atoms with Crippen LogP contribution in [-0.2, 0) is 6.42 Å². The smallest absolute Gasteiger partial charge is 0.168 e. The van der Waals surface area contributed by atoms with Crippen LogP contribution in [0.15, 0.2) is 36.7 Å². The lowest BCUT2D eigenvalue weighted by Gasteiger charge is -2.03. The fraction of sp³-hybridized carbons (Fsp3) is 0.214. The molecule has 17 heavy (non-hydrogen) atoms. The Bertz CT molecular complexity index is 506. The lowest BCUT2D eigenvalue weighted by Crippen LogP contribution is -1.91. The van der Waals surface area contributed by atoms with Crippen LogP contribution >= 0.6 is 0 Å². The minimum absolute atomic E-state index is 0.410.